The smallest absolute Gasteiger partial charge is 0.138 e. The van der Waals surface area contributed by atoms with Gasteiger partial charge < -0.3 is 25.8 Å². The summed E-state index contributed by atoms with van der Waals surface area (Å²) in [5.41, 5.74) is 9.95. The number of rotatable bonds is 15. The summed E-state index contributed by atoms with van der Waals surface area (Å²) in [7, 11) is 5.89. The van der Waals surface area contributed by atoms with Crippen molar-refractivity contribution in [3.05, 3.63) is 121 Å². The van der Waals surface area contributed by atoms with E-state index in [4.69, 9.17) is 4.98 Å². The largest absolute Gasteiger partial charge is 0.388 e. The van der Waals surface area contributed by atoms with Crippen molar-refractivity contribution < 1.29 is 4.39 Å². The van der Waals surface area contributed by atoms with Gasteiger partial charge in [0, 0.05) is 65.8 Å². The molecule has 4 aromatic rings. The van der Waals surface area contributed by atoms with Gasteiger partial charge in [0.2, 0.25) is 0 Å². The van der Waals surface area contributed by atoms with Gasteiger partial charge in [-0.15, -0.1) is 0 Å². The zero-order chi connectivity index (χ0) is 35.4. The molecule has 0 amide bonds. The zero-order valence-electron chi connectivity index (χ0n) is 29.9. The summed E-state index contributed by atoms with van der Waals surface area (Å²) in [4.78, 5) is 14.9. The molecule has 0 unspecified atom stereocenters. The number of hydrogen-bond acceptors (Lipinski definition) is 6. The number of imidazole rings is 1. The first-order valence-electron chi connectivity index (χ1n) is 16.5. The average molecular weight is 650 g/mol. The lowest BCUT2D eigenvalue weighted by atomic mass is 9.96. The molecule has 0 spiro atoms. The molecule has 254 valence electrons. The highest BCUT2D eigenvalue weighted by molar-refractivity contribution is 5.95. The van der Waals surface area contributed by atoms with Crippen molar-refractivity contribution >= 4 is 33.6 Å². The number of hydrogen-bond donors (Lipinski definition) is 4. The lowest BCUT2D eigenvalue weighted by Gasteiger charge is -2.15. The van der Waals surface area contributed by atoms with Gasteiger partial charge in [-0.3, -0.25) is 4.98 Å². The van der Waals surface area contributed by atoms with Crippen LogP contribution in [-0.2, 0) is 0 Å². The SMILES string of the molecule is C=C/C(=C\C(=C/C)c1ccc(NC)c(C(=C)c2nc3c(-c4cc(F)cc(NCCN(C)C)c4)cncc3[nH]2)c1)NC(=C)CC(C)C.CC. The average Bonchev–Trinajstić information content (AvgIpc) is 3.51. The third-order valence-electron chi connectivity index (χ3n) is 7.54. The first-order chi connectivity index (χ1) is 23.0. The van der Waals surface area contributed by atoms with E-state index in [1.807, 2.05) is 54.0 Å². The van der Waals surface area contributed by atoms with Crippen molar-refractivity contribution in [2.75, 3.05) is 44.9 Å². The van der Waals surface area contributed by atoms with Gasteiger partial charge in [-0.25, -0.2) is 9.37 Å². The zero-order valence-corrected chi connectivity index (χ0v) is 29.9. The fraction of sp³-hybridized carbons (Fsp3) is 0.300. The number of likely N-dealkylation sites (N-methyl/N-ethyl adjacent to an activating group) is 1. The molecule has 0 bridgehead atoms. The molecule has 4 rings (SSSR count). The summed E-state index contributed by atoms with van der Waals surface area (Å²) < 4.78 is 14.7. The number of aromatic nitrogens is 3. The fourth-order valence-electron chi connectivity index (χ4n) is 5.27. The predicted octanol–water partition coefficient (Wildman–Crippen LogP) is 9.49. The Bertz CT molecular complexity index is 1790. The molecule has 0 saturated carbocycles. The minimum absolute atomic E-state index is 0.328. The van der Waals surface area contributed by atoms with E-state index in [0.29, 0.717) is 40.6 Å². The number of nitrogens with zero attached hydrogens (tertiary/aromatic N) is 3. The second-order valence-corrected chi connectivity index (χ2v) is 12.0. The number of anilines is 2. The maximum absolute atomic E-state index is 14.7. The molecule has 7 nitrogen and oxygen atoms in total. The van der Waals surface area contributed by atoms with E-state index in [9.17, 15) is 4.39 Å². The number of halogens is 1. The Kier molecular flexibility index (Phi) is 13.9. The molecular formula is C40H52FN7. The Hall–Kier alpha value is -4.95. The Morgan fingerprint density at radius 3 is 2.48 bits per heavy atom. The number of fused-ring (bicyclic) bond motifs is 1. The van der Waals surface area contributed by atoms with Crippen molar-refractivity contribution in [1.29, 1.82) is 0 Å². The van der Waals surface area contributed by atoms with Crippen LogP contribution in [0.3, 0.4) is 0 Å². The monoisotopic (exact) mass is 649 g/mol. The molecule has 0 radical (unpaired) electrons. The molecule has 0 aliphatic rings. The van der Waals surface area contributed by atoms with Gasteiger partial charge in [0.15, 0.2) is 0 Å². The van der Waals surface area contributed by atoms with Crippen LogP contribution in [0.2, 0.25) is 0 Å². The topological polar surface area (TPSA) is 80.9 Å². The van der Waals surface area contributed by atoms with Crippen LogP contribution in [-0.4, -0.2) is 54.1 Å². The second-order valence-electron chi connectivity index (χ2n) is 12.0. The Morgan fingerprint density at radius 2 is 1.83 bits per heavy atom. The highest BCUT2D eigenvalue weighted by atomic mass is 19.1. The molecule has 2 heterocycles. The van der Waals surface area contributed by atoms with Gasteiger partial charge in [0.25, 0.3) is 0 Å². The Labute approximate surface area is 286 Å². The van der Waals surface area contributed by atoms with Crippen molar-refractivity contribution in [1.82, 2.24) is 25.2 Å². The molecular weight excluding hydrogens is 597 g/mol. The van der Waals surface area contributed by atoms with Crippen molar-refractivity contribution in [3.8, 4) is 11.1 Å². The predicted molar refractivity (Wildman–Crippen MR) is 205 cm³/mol. The maximum atomic E-state index is 14.7. The number of allylic oxidation sites excluding steroid dienone is 5. The van der Waals surface area contributed by atoms with E-state index in [-0.39, 0.29) is 5.82 Å². The molecule has 2 aromatic carbocycles. The quantitative estimate of drug-likeness (QED) is 0.0961. The summed E-state index contributed by atoms with van der Waals surface area (Å²) in [6.07, 6.45) is 10.3. The number of nitrogens with one attached hydrogen (secondary N) is 4. The van der Waals surface area contributed by atoms with Crippen LogP contribution < -0.4 is 16.0 Å². The van der Waals surface area contributed by atoms with Gasteiger partial charge in [0.05, 0.1) is 17.2 Å². The summed E-state index contributed by atoms with van der Waals surface area (Å²) in [5, 5.41) is 10.0. The lowest BCUT2D eigenvalue weighted by molar-refractivity contribution is 0.425. The highest BCUT2D eigenvalue weighted by Crippen LogP contribution is 2.34. The summed E-state index contributed by atoms with van der Waals surface area (Å²) in [6, 6.07) is 11.2. The first-order valence-corrected chi connectivity index (χ1v) is 16.5. The second kappa shape index (κ2) is 17.8. The van der Waals surface area contributed by atoms with Crippen LogP contribution in [0.1, 0.15) is 58.0 Å². The van der Waals surface area contributed by atoms with Crippen LogP contribution >= 0.6 is 0 Å². The number of benzene rings is 2. The summed E-state index contributed by atoms with van der Waals surface area (Å²) >= 11 is 0. The molecule has 48 heavy (non-hydrogen) atoms. The van der Waals surface area contributed by atoms with Crippen LogP contribution in [0.15, 0.2) is 98.2 Å². The Balaban J connectivity index is 0.00000307. The van der Waals surface area contributed by atoms with E-state index in [1.54, 1.807) is 18.5 Å². The Morgan fingerprint density at radius 1 is 1.08 bits per heavy atom. The van der Waals surface area contributed by atoms with Gasteiger partial charge in [-0.1, -0.05) is 59.6 Å². The maximum Gasteiger partial charge on any atom is 0.138 e. The van der Waals surface area contributed by atoms with Crippen LogP contribution in [0.4, 0.5) is 15.8 Å². The minimum Gasteiger partial charge on any atom is -0.388 e. The summed E-state index contributed by atoms with van der Waals surface area (Å²) in [6.45, 7) is 24.5. The number of aromatic amines is 1. The van der Waals surface area contributed by atoms with Gasteiger partial charge >= 0.3 is 0 Å². The van der Waals surface area contributed by atoms with E-state index >= 15 is 0 Å². The molecule has 0 atom stereocenters. The van der Waals surface area contributed by atoms with Gasteiger partial charge in [-0.2, -0.15) is 0 Å². The van der Waals surface area contributed by atoms with Gasteiger partial charge in [-0.05, 0) is 92.5 Å². The van der Waals surface area contributed by atoms with Gasteiger partial charge in [0.1, 0.15) is 11.6 Å². The highest BCUT2D eigenvalue weighted by Gasteiger charge is 2.17. The molecule has 0 aliphatic carbocycles. The molecule has 0 saturated heterocycles. The minimum atomic E-state index is -0.328. The van der Waals surface area contributed by atoms with E-state index < -0.39 is 0 Å². The number of H-pyrrole nitrogens is 1. The van der Waals surface area contributed by atoms with E-state index in [0.717, 1.165) is 57.8 Å². The summed E-state index contributed by atoms with van der Waals surface area (Å²) in [5.74, 6) is 0.779. The van der Waals surface area contributed by atoms with Crippen molar-refractivity contribution in [2.24, 2.45) is 5.92 Å². The molecule has 0 aliphatic heterocycles. The van der Waals surface area contributed by atoms with E-state index in [2.05, 4.69) is 88.7 Å². The van der Waals surface area contributed by atoms with Crippen LogP contribution in [0.5, 0.6) is 0 Å². The molecule has 8 heteroatoms. The lowest BCUT2D eigenvalue weighted by Crippen LogP contribution is -2.20. The van der Waals surface area contributed by atoms with Crippen molar-refractivity contribution in [2.45, 2.75) is 41.0 Å². The molecule has 0 fully saturated rings. The number of pyridine rings is 1. The standard InChI is InChI=1S/C38H46FN7.C2H6/c1-10-27(18-31(11-2)43-25(5)16-24(3)4)28-12-13-35(40-7)33(20-28)26(6)38-44-36-23-41-22-34(37(36)45-38)29-17-30(39)21-32(19-29)42-14-15-46(8)9;1-2/h10-13,17-24,40,42-43H,2,5-6,14-16H2,1,3-4,7-9H3,(H,44,45);1-2H3/b27-10+,31-18+;. The first kappa shape index (κ1) is 37.5. The van der Waals surface area contributed by atoms with Crippen LogP contribution in [0.25, 0.3) is 33.3 Å². The van der Waals surface area contributed by atoms with Crippen molar-refractivity contribution in [3.63, 3.8) is 0 Å². The molecule has 4 N–H and O–H groups in total. The van der Waals surface area contributed by atoms with Crippen LogP contribution in [0, 0.1) is 11.7 Å². The van der Waals surface area contributed by atoms with E-state index in [1.165, 1.54) is 12.1 Å². The fourth-order valence-corrected chi connectivity index (χ4v) is 5.27. The molecule has 2 aromatic heterocycles. The third-order valence-corrected chi connectivity index (χ3v) is 7.54. The normalized spacial score (nSPS) is 11.7. The third kappa shape index (κ3) is 9.78.